The Balaban J connectivity index is 2.43. The van der Waals surface area contributed by atoms with Crippen molar-refractivity contribution in [2.75, 3.05) is 11.4 Å². The Kier molecular flexibility index (Phi) is 3.48. The van der Waals surface area contributed by atoms with Gasteiger partial charge in [-0.1, -0.05) is 6.08 Å². The Morgan fingerprint density at radius 1 is 1.53 bits per heavy atom. The summed E-state index contributed by atoms with van der Waals surface area (Å²) >= 11 is 0. The summed E-state index contributed by atoms with van der Waals surface area (Å²) in [7, 11) is 0. The molecule has 92 valence electrons. The van der Waals surface area contributed by atoms with E-state index in [2.05, 4.69) is 29.5 Å². The summed E-state index contributed by atoms with van der Waals surface area (Å²) in [6, 6.07) is 2.73. The summed E-state index contributed by atoms with van der Waals surface area (Å²) in [5.41, 5.74) is 9.33. The van der Waals surface area contributed by atoms with E-state index in [-0.39, 0.29) is 0 Å². The molecular weight excluding hydrogens is 210 g/mol. The number of hydrogen-bond donors (Lipinski definition) is 1. The molecule has 1 aliphatic carbocycles. The minimum absolute atomic E-state index is 0.550. The van der Waals surface area contributed by atoms with E-state index in [1.54, 1.807) is 0 Å². The van der Waals surface area contributed by atoms with Crippen molar-refractivity contribution in [2.45, 2.75) is 39.3 Å². The number of anilines is 1. The smallest absolute Gasteiger partial charge is 0.134 e. The first-order valence-electron chi connectivity index (χ1n) is 6.22. The molecule has 17 heavy (non-hydrogen) atoms. The molecule has 2 rings (SSSR count). The molecule has 0 saturated heterocycles. The number of hydrogen-bond acceptors (Lipinski definition) is 3. The van der Waals surface area contributed by atoms with Crippen LogP contribution in [0.25, 0.3) is 0 Å². The average molecular weight is 231 g/mol. The van der Waals surface area contributed by atoms with Crippen molar-refractivity contribution in [3.8, 4) is 0 Å². The molecule has 0 atom stereocenters. The van der Waals surface area contributed by atoms with Crippen molar-refractivity contribution in [1.29, 1.82) is 0 Å². The van der Waals surface area contributed by atoms with Gasteiger partial charge in [0, 0.05) is 30.4 Å². The molecule has 0 radical (unpaired) electrons. The van der Waals surface area contributed by atoms with Gasteiger partial charge in [-0.05, 0) is 38.3 Å². The number of nitrogens with zero attached hydrogens (tertiary/aromatic N) is 2. The number of pyridine rings is 1. The van der Waals surface area contributed by atoms with E-state index in [9.17, 15) is 0 Å². The molecule has 1 aromatic rings. The second-order valence-corrected chi connectivity index (χ2v) is 4.76. The highest BCUT2D eigenvalue weighted by molar-refractivity contribution is 5.53. The molecule has 0 aromatic carbocycles. The Morgan fingerprint density at radius 3 is 2.76 bits per heavy atom. The maximum Gasteiger partial charge on any atom is 0.134 e. The van der Waals surface area contributed by atoms with Crippen LogP contribution in [-0.2, 0) is 6.54 Å². The Hall–Kier alpha value is -1.35. The molecule has 1 fully saturated rings. The van der Waals surface area contributed by atoms with Gasteiger partial charge in [-0.25, -0.2) is 4.98 Å². The highest BCUT2D eigenvalue weighted by atomic mass is 15.2. The average Bonchev–Trinajstić information content (AvgIpc) is 3.08. The normalized spacial score (nSPS) is 14.8. The molecule has 0 bridgehead atoms. The van der Waals surface area contributed by atoms with Crippen molar-refractivity contribution >= 4 is 5.82 Å². The molecule has 2 N–H and O–H groups in total. The van der Waals surface area contributed by atoms with Gasteiger partial charge in [0.25, 0.3) is 0 Å². The van der Waals surface area contributed by atoms with Crippen LogP contribution in [0.5, 0.6) is 0 Å². The number of nitrogens with two attached hydrogens (primary N) is 1. The Bertz CT molecular complexity index is 422. The summed E-state index contributed by atoms with van der Waals surface area (Å²) in [5.74, 6) is 1.06. The topological polar surface area (TPSA) is 42.2 Å². The predicted molar refractivity (Wildman–Crippen MR) is 72.2 cm³/mol. The van der Waals surface area contributed by atoms with Crippen molar-refractivity contribution in [2.24, 2.45) is 5.73 Å². The predicted octanol–water partition coefficient (Wildman–Crippen LogP) is 2.31. The van der Waals surface area contributed by atoms with Gasteiger partial charge in [0.05, 0.1) is 0 Å². The van der Waals surface area contributed by atoms with Gasteiger partial charge in [-0.3, -0.25) is 0 Å². The Morgan fingerprint density at radius 2 is 2.24 bits per heavy atom. The van der Waals surface area contributed by atoms with Crippen LogP contribution in [0.15, 0.2) is 18.7 Å². The molecule has 0 unspecified atom stereocenters. The molecular formula is C14H21N3. The summed E-state index contributed by atoms with van der Waals surface area (Å²) in [4.78, 5) is 7.03. The lowest BCUT2D eigenvalue weighted by atomic mass is 10.1. The summed E-state index contributed by atoms with van der Waals surface area (Å²) in [6.07, 6.45) is 4.46. The lowest BCUT2D eigenvalue weighted by Gasteiger charge is -2.25. The molecule has 0 aliphatic heterocycles. The molecule has 1 heterocycles. The fourth-order valence-electron chi connectivity index (χ4n) is 2.27. The van der Waals surface area contributed by atoms with Crippen molar-refractivity contribution in [1.82, 2.24) is 4.98 Å². The SMILES string of the molecule is C=CCN(c1nc(C)cc(C)c1CN)C1CC1. The molecule has 0 amide bonds. The zero-order valence-electron chi connectivity index (χ0n) is 10.7. The lowest BCUT2D eigenvalue weighted by Crippen LogP contribution is -2.28. The van der Waals surface area contributed by atoms with Gasteiger partial charge in [0.15, 0.2) is 0 Å². The Labute approximate surface area is 103 Å². The van der Waals surface area contributed by atoms with Crippen LogP contribution in [0.1, 0.15) is 29.7 Å². The van der Waals surface area contributed by atoms with Gasteiger partial charge in [0.2, 0.25) is 0 Å². The highest BCUT2D eigenvalue weighted by Crippen LogP contribution is 2.33. The van der Waals surface area contributed by atoms with E-state index < -0.39 is 0 Å². The van der Waals surface area contributed by atoms with Crippen LogP contribution in [0.2, 0.25) is 0 Å². The second-order valence-electron chi connectivity index (χ2n) is 4.76. The van der Waals surface area contributed by atoms with E-state index in [4.69, 9.17) is 5.73 Å². The van der Waals surface area contributed by atoms with Crippen molar-refractivity contribution in [3.05, 3.63) is 35.5 Å². The zero-order chi connectivity index (χ0) is 12.4. The standard InChI is InChI=1S/C14H21N3/c1-4-7-17(12-5-6-12)14-13(9-15)10(2)8-11(3)16-14/h4,8,12H,1,5-7,9,15H2,2-3H3. The second kappa shape index (κ2) is 4.88. The molecule has 3 nitrogen and oxygen atoms in total. The maximum atomic E-state index is 5.86. The number of rotatable bonds is 5. The number of aryl methyl sites for hydroxylation is 2. The molecule has 1 aromatic heterocycles. The molecule has 3 heteroatoms. The van der Waals surface area contributed by atoms with Crippen molar-refractivity contribution in [3.63, 3.8) is 0 Å². The van der Waals surface area contributed by atoms with E-state index in [0.717, 1.165) is 18.1 Å². The third kappa shape index (κ3) is 2.50. The summed E-state index contributed by atoms with van der Waals surface area (Å²) < 4.78 is 0. The van der Waals surface area contributed by atoms with Crippen LogP contribution in [0.3, 0.4) is 0 Å². The quantitative estimate of drug-likeness (QED) is 0.791. The fraction of sp³-hybridized carbons (Fsp3) is 0.500. The highest BCUT2D eigenvalue weighted by Gasteiger charge is 2.30. The van der Waals surface area contributed by atoms with Gasteiger partial charge in [-0.15, -0.1) is 6.58 Å². The van der Waals surface area contributed by atoms with Crippen LogP contribution >= 0.6 is 0 Å². The van der Waals surface area contributed by atoms with E-state index in [0.29, 0.717) is 12.6 Å². The van der Waals surface area contributed by atoms with Crippen LogP contribution in [-0.4, -0.2) is 17.6 Å². The first-order chi connectivity index (χ1) is 8.17. The van der Waals surface area contributed by atoms with E-state index in [1.165, 1.54) is 24.0 Å². The van der Waals surface area contributed by atoms with Gasteiger partial charge in [0.1, 0.15) is 5.82 Å². The van der Waals surface area contributed by atoms with Gasteiger partial charge in [-0.2, -0.15) is 0 Å². The monoisotopic (exact) mass is 231 g/mol. The summed E-state index contributed by atoms with van der Waals surface area (Å²) in [5, 5.41) is 0. The fourth-order valence-corrected chi connectivity index (χ4v) is 2.27. The molecule has 0 spiro atoms. The lowest BCUT2D eigenvalue weighted by molar-refractivity contribution is 0.819. The maximum absolute atomic E-state index is 5.86. The van der Waals surface area contributed by atoms with Crippen molar-refractivity contribution < 1.29 is 0 Å². The first kappa shape index (κ1) is 12.1. The molecule has 1 saturated carbocycles. The van der Waals surface area contributed by atoms with Crippen LogP contribution < -0.4 is 10.6 Å². The third-order valence-corrected chi connectivity index (χ3v) is 3.24. The third-order valence-electron chi connectivity index (χ3n) is 3.24. The minimum Gasteiger partial charge on any atom is -0.350 e. The van der Waals surface area contributed by atoms with Gasteiger partial charge < -0.3 is 10.6 Å². The molecule has 1 aliphatic rings. The van der Waals surface area contributed by atoms with E-state index in [1.807, 2.05) is 13.0 Å². The largest absolute Gasteiger partial charge is 0.350 e. The zero-order valence-corrected chi connectivity index (χ0v) is 10.7. The first-order valence-corrected chi connectivity index (χ1v) is 6.22. The van der Waals surface area contributed by atoms with Crippen LogP contribution in [0, 0.1) is 13.8 Å². The van der Waals surface area contributed by atoms with Gasteiger partial charge >= 0.3 is 0 Å². The number of aromatic nitrogens is 1. The van der Waals surface area contributed by atoms with Crippen LogP contribution in [0.4, 0.5) is 5.82 Å². The summed E-state index contributed by atoms with van der Waals surface area (Å²) in [6.45, 7) is 9.39. The van der Waals surface area contributed by atoms with E-state index >= 15 is 0 Å². The minimum atomic E-state index is 0.550.